The number of rotatable bonds is 13. The average Bonchev–Trinajstić information content (AvgIpc) is 2.98. The number of aromatic amines is 1. The van der Waals surface area contributed by atoms with E-state index in [4.69, 9.17) is 19.9 Å². The normalized spacial score (nSPS) is 11.7. The average molecular weight is 558 g/mol. The summed E-state index contributed by atoms with van der Waals surface area (Å²) < 4.78 is 16.2. The Hall–Kier alpha value is -4.47. The summed E-state index contributed by atoms with van der Waals surface area (Å²) in [6, 6.07) is 19.9. The SMILES string of the molecule is COCCOc1cc2cc(C(=O)Nc3cc(C(=O)C[C@H](CCN)c4ccccc4)ccc3C)c(=O)[nH]c2cc1OC. The fourth-order valence-electron chi connectivity index (χ4n) is 4.66. The van der Waals surface area contributed by atoms with Crippen LogP contribution in [0.3, 0.4) is 0 Å². The molecule has 0 bridgehead atoms. The number of hydrogen-bond acceptors (Lipinski definition) is 7. The van der Waals surface area contributed by atoms with Crippen LogP contribution in [-0.4, -0.2) is 50.7 Å². The molecule has 0 saturated carbocycles. The number of aryl methyl sites for hydroxylation is 1. The van der Waals surface area contributed by atoms with E-state index in [0.29, 0.717) is 66.3 Å². The molecule has 1 heterocycles. The number of carbonyl (C=O) groups excluding carboxylic acids is 2. The highest BCUT2D eigenvalue weighted by Gasteiger charge is 2.19. The molecular formula is C32H35N3O6. The van der Waals surface area contributed by atoms with Gasteiger partial charge in [0.25, 0.3) is 11.5 Å². The highest BCUT2D eigenvalue weighted by Crippen LogP contribution is 2.32. The number of carbonyl (C=O) groups is 2. The minimum Gasteiger partial charge on any atom is -0.493 e. The van der Waals surface area contributed by atoms with Gasteiger partial charge in [0.15, 0.2) is 17.3 Å². The van der Waals surface area contributed by atoms with E-state index in [1.165, 1.54) is 13.2 Å². The van der Waals surface area contributed by atoms with Gasteiger partial charge in [-0.15, -0.1) is 0 Å². The summed E-state index contributed by atoms with van der Waals surface area (Å²) in [7, 11) is 3.08. The van der Waals surface area contributed by atoms with Gasteiger partial charge in [-0.05, 0) is 55.1 Å². The molecule has 0 aliphatic carbocycles. The number of Topliss-reactive ketones (excluding diaryl/α,β-unsaturated/α-hetero) is 1. The molecule has 9 nitrogen and oxygen atoms in total. The van der Waals surface area contributed by atoms with Crippen molar-refractivity contribution in [2.45, 2.75) is 25.7 Å². The number of ketones is 1. The van der Waals surface area contributed by atoms with Crippen molar-refractivity contribution in [1.29, 1.82) is 0 Å². The van der Waals surface area contributed by atoms with Crippen molar-refractivity contribution >= 4 is 28.3 Å². The second-order valence-electron chi connectivity index (χ2n) is 9.74. The highest BCUT2D eigenvalue weighted by atomic mass is 16.5. The molecule has 9 heteroatoms. The van der Waals surface area contributed by atoms with Crippen LogP contribution in [0.5, 0.6) is 11.5 Å². The Morgan fingerprint density at radius 1 is 0.976 bits per heavy atom. The van der Waals surface area contributed by atoms with E-state index in [0.717, 1.165) is 11.1 Å². The van der Waals surface area contributed by atoms with Gasteiger partial charge in [-0.25, -0.2) is 0 Å². The minimum absolute atomic E-state index is 0.00815. The summed E-state index contributed by atoms with van der Waals surface area (Å²) >= 11 is 0. The number of nitrogens with two attached hydrogens (primary N) is 1. The molecule has 4 rings (SSSR count). The Bertz CT molecular complexity index is 1580. The second-order valence-corrected chi connectivity index (χ2v) is 9.74. The standard InChI is InChI=1S/C32H35N3O6/c1-20-9-10-23(28(36)17-22(11-12-33)21-7-5-4-6-8-21)16-26(20)34-31(37)25-15-24-18-30(41-14-13-39-2)29(40-3)19-27(24)35-32(25)38/h4-10,15-16,18-19,22H,11-14,17,33H2,1-3H3,(H,34,37)(H,35,38)/t22-/m0/s1. The van der Waals surface area contributed by atoms with Crippen LogP contribution in [0.25, 0.3) is 10.9 Å². The zero-order valence-corrected chi connectivity index (χ0v) is 23.5. The van der Waals surface area contributed by atoms with E-state index < -0.39 is 11.5 Å². The largest absolute Gasteiger partial charge is 0.493 e. The molecule has 0 fully saturated rings. The van der Waals surface area contributed by atoms with Gasteiger partial charge in [0.05, 0.1) is 19.2 Å². The summed E-state index contributed by atoms with van der Waals surface area (Å²) in [5.41, 5.74) is 8.44. The van der Waals surface area contributed by atoms with Crippen molar-refractivity contribution in [3.05, 3.63) is 99.3 Å². The minimum atomic E-state index is -0.594. The first kappa shape index (κ1) is 29.5. The molecule has 0 aliphatic rings. The predicted molar refractivity (Wildman–Crippen MR) is 159 cm³/mol. The maximum absolute atomic E-state index is 13.3. The molecule has 0 radical (unpaired) electrons. The van der Waals surface area contributed by atoms with Crippen LogP contribution in [0, 0.1) is 6.92 Å². The third-order valence-corrected chi connectivity index (χ3v) is 6.94. The number of amides is 1. The van der Waals surface area contributed by atoms with Crippen molar-refractivity contribution < 1.29 is 23.8 Å². The predicted octanol–water partition coefficient (Wildman–Crippen LogP) is 4.83. The monoisotopic (exact) mass is 557 g/mol. The molecule has 0 saturated heterocycles. The summed E-state index contributed by atoms with van der Waals surface area (Å²) in [6.07, 6.45) is 0.973. The maximum Gasteiger partial charge on any atom is 0.261 e. The van der Waals surface area contributed by atoms with E-state index in [1.807, 2.05) is 37.3 Å². The zero-order valence-electron chi connectivity index (χ0n) is 23.5. The van der Waals surface area contributed by atoms with Crippen LogP contribution in [0.1, 0.15) is 50.6 Å². The lowest BCUT2D eigenvalue weighted by Crippen LogP contribution is -2.23. The van der Waals surface area contributed by atoms with Crippen molar-refractivity contribution in [3.63, 3.8) is 0 Å². The van der Waals surface area contributed by atoms with Crippen LogP contribution in [0.2, 0.25) is 0 Å². The smallest absolute Gasteiger partial charge is 0.261 e. The maximum atomic E-state index is 13.3. The van der Waals surface area contributed by atoms with E-state index in [1.54, 1.807) is 37.4 Å². The zero-order chi connectivity index (χ0) is 29.4. The molecule has 3 aromatic carbocycles. The number of nitrogens with one attached hydrogen (secondary N) is 2. The molecule has 1 amide bonds. The fourth-order valence-corrected chi connectivity index (χ4v) is 4.66. The number of benzene rings is 3. The van der Waals surface area contributed by atoms with E-state index >= 15 is 0 Å². The lowest BCUT2D eigenvalue weighted by Gasteiger charge is -2.17. The van der Waals surface area contributed by atoms with Gasteiger partial charge in [-0.1, -0.05) is 42.5 Å². The molecule has 214 valence electrons. The third-order valence-electron chi connectivity index (χ3n) is 6.94. The van der Waals surface area contributed by atoms with Crippen LogP contribution in [0.4, 0.5) is 5.69 Å². The van der Waals surface area contributed by atoms with E-state index in [2.05, 4.69) is 10.3 Å². The Balaban J connectivity index is 1.57. The van der Waals surface area contributed by atoms with E-state index in [-0.39, 0.29) is 17.3 Å². The number of ether oxygens (including phenoxy) is 3. The van der Waals surface area contributed by atoms with Crippen LogP contribution < -0.4 is 26.1 Å². The van der Waals surface area contributed by atoms with Gasteiger partial charge in [-0.2, -0.15) is 0 Å². The number of hydrogen-bond donors (Lipinski definition) is 3. The van der Waals surface area contributed by atoms with Gasteiger partial charge in [-0.3, -0.25) is 14.4 Å². The number of methoxy groups -OCH3 is 2. The molecule has 1 atom stereocenters. The first-order valence-corrected chi connectivity index (χ1v) is 13.4. The molecule has 4 aromatic rings. The molecule has 41 heavy (non-hydrogen) atoms. The molecule has 0 aliphatic heterocycles. The van der Waals surface area contributed by atoms with Crippen LogP contribution >= 0.6 is 0 Å². The Labute approximate surface area is 238 Å². The summed E-state index contributed by atoms with van der Waals surface area (Å²) in [4.78, 5) is 42.2. The Morgan fingerprint density at radius 3 is 2.46 bits per heavy atom. The lowest BCUT2D eigenvalue weighted by molar-refractivity contribution is 0.0970. The van der Waals surface area contributed by atoms with Gasteiger partial charge in [0, 0.05) is 36.2 Å². The number of H-pyrrole nitrogens is 1. The third kappa shape index (κ3) is 7.19. The van der Waals surface area contributed by atoms with Crippen LogP contribution in [0.15, 0.2) is 71.5 Å². The van der Waals surface area contributed by atoms with E-state index in [9.17, 15) is 14.4 Å². The number of pyridine rings is 1. The molecule has 4 N–H and O–H groups in total. The molecule has 1 aromatic heterocycles. The summed E-state index contributed by atoms with van der Waals surface area (Å²) in [5, 5.41) is 3.41. The van der Waals surface area contributed by atoms with Gasteiger partial charge >= 0.3 is 0 Å². The second kappa shape index (κ2) is 13.7. The number of fused-ring (bicyclic) bond motifs is 1. The lowest BCUT2D eigenvalue weighted by atomic mass is 9.89. The molecular weight excluding hydrogens is 522 g/mol. The van der Waals surface area contributed by atoms with Crippen LogP contribution in [-0.2, 0) is 4.74 Å². The van der Waals surface area contributed by atoms with Crippen molar-refractivity contribution in [3.8, 4) is 11.5 Å². The number of aromatic nitrogens is 1. The van der Waals surface area contributed by atoms with Crippen molar-refractivity contribution in [2.24, 2.45) is 5.73 Å². The Morgan fingerprint density at radius 2 is 1.76 bits per heavy atom. The summed E-state index contributed by atoms with van der Waals surface area (Å²) in [5.74, 6) is 0.247. The van der Waals surface area contributed by atoms with Crippen molar-refractivity contribution in [1.82, 2.24) is 4.98 Å². The number of anilines is 1. The first-order chi connectivity index (χ1) is 19.8. The Kier molecular flexibility index (Phi) is 9.89. The highest BCUT2D eigenvalue weighted by molar-refractivity contribution is 6.07. The van der Waals surface area contributed by atoms with Crippen molar-refractivity contribution in [2.75, 3.05) is 39.3 Å². The van der Waals surface area contributed by atoms with Gasteiger partial charge < -0.3 is 30.2 Å². The molecule has 0 spiro atoms. The topological polar surface area (TPSA) is 133 Å². The summed E-state index contributed by atoms with van der Waals surface area (Å²) in [6.45, 7) is 2.99. The van der Waals surface area contributed by atoms with Gasteiger partial charge in [0.2, 0.25) is 0 Å². The molecule has 0 unspecified atom stereocenters. The fraction of sp³-hybridized carbons (Fsp3) is 0.281. The quantitative estimate of drug-likeness (QED) is 0.158. The first-order valence-electron chi connectivity index (χ1n) is 13.4. The van der Waals surface area contributed by atoms with Gasteiger partial charge in [0.1, 0.15) is 12.2 Å².